The van der Waals surface area contributed by atoms with E-state index in [1.807, 2.05) is 19.1 Å². The number of hydrogen-bond donors (Lipinski definition) is 1. The van der Waals surface area contributed by atoms with E-state index in [0.29, 0.717) is 23.1 Å². The second kappa shape index (κ2) is 7.51. The zero-order chi connectivity index (χ0) is 17.8. The molecule has 1 fully saturated rings. The quantitative estimate of drug-likeness (QED) is 0.925. The molecule has 0 spiro atoms. The highest BCUT2D eigenvalue weighted by molar-refractivity contribution is 6.03. The monoisotopic (exact) mass is 340 g/mol. The molecule has 132 valence electrons. The summed E-state index contributed by atoms with van der Waals surface area (Å²) in [6, 6.07) is 9.03. The maximum Gasteiger partial charge on any atom is 0.274 e. The minimum atomic E-state index is -0.262. The average Bonchev–Trinajstić information content (AvgIpc) is 2.62. The van der Waals surface area contributed by atoms with Crippen LogP contribution in [0.2, 0.25) is 0 Å². The van der Waals surface area contributed by atoms with Gasteiger partial charge in [0, 0.05) is 18.8 Å². The van der Waals surface area contributed by atoms with Crippen molar-refractivity contribution in [2.45, 2.75) is 26.7 Å². The number of methoxy groups -OCH3 is 1. The second-order valence-electron chi connectivity index (χ2n) is 6.52. The highest BCUT2D eigenvalue weighted by Crippen LogP contribution is 2.24. The van der Waals surface area contributed by atoms with Gasteiger partial charge < -0.3 is 15.0 Å². The Balaban J connectivity index is 1.81. The molecule has 1 aromatic carbocycles. The third-order valence-corrected chi connectivity index (χ3v) is 4.50. The first kappa shape index (κ1) is 17.2. The van der Waals surface area contributed by atoms with Gasteiger partial charge in [-0.3, -0.25) is 4.79 Å². The van der Waals surface area contributed by atoms with E-state index >= 15 is 0 Å². The Morgan fingerprint density at radius 1 is 1.24 bits per heavy atom. The summed E-state index contributed by atoms with van der Waals surface area (Å²) >= 11 is 0. The van der Waals surface area contributed by atoms with Gasteiger partial charge in [-0.1, -0.05) is 19.1 Å². The zero-order valence-corrected chi connectivity index (χ0v) is 15.0. The van der Waals surface area contributed by atoms with E-state index in [1.54, 1.807) is 25.3 Å². The van der Waals surface area contributed by atoms with Gasteiger partial charge in [0.2, 0.25) is 5.95 Å². The van der Waals surface area contributed by atoms with Crippen LogP contribution < -0.4 is 15.0 Å². The summed E-state index contributed by atoms with van der Waals surface area (Å²) in [5, 5.41) is 2.87. The molecule has 6 nitrogen and oxygen atoms in total. The summed E-state index contributed by atoms with van der Waals surface area (Å²) in [4.78, 5) is 23.8. The number of para-hydroxylation sites is 2. The summed E-state index contributed by atoms with van der Waals surface area (Å²) < 4.78 is 5.28. The van der Waals surface area contributed by atoms with Crippen molar-refractivity contribution in [3.63, 3.8) is 0 Å². The highest BCUT2D eigenvalue weighted by atomic mass is 16.5. The fourth-order valence-electron chi connectivity index (χ4n) is 2.95. The van der Waals surface area contributed by atoms with Gasteiger partial charge >= 0.3 is 0 Å². The summed E-state index contributed by atoms with van der Waals surface area (Å²) in [6.45, 7) is 6.01. The number of carbonyl (C=O) groups is 1. The van der Waals surface area contributed by atoms with E-state index < -0.39 is 0 Å². The molecule has 6 heteroatoms. The summed E-state index contributed by atoms with van der Waals surface area (Å²) in [6.07, 6.45) is 2.25. The van der Waals surface area contributed by atoms with Crippen LogP contribution in [0.25, 0.3) is 0 Å². The van der Waals surface area contributed by atoms with Crippen molar-refractivity contribution in [1.29, 1.82) is 0 Å². The van der Waals surface area contributed by atoms with Crippen molar-refractivity contribution in [2.75, 3.05) is 30.4 Å². The van der Waals surface area contributed by atoms with Crippen molar-refractivity contribution in [2.24, 2.45) is 5.92 Å². The first-order valence-corrected chi connectivity index (χ1v) is 8.62. The molecule has 2 aromatic rings. The van der Waals surface area contributed by atoms with Gasteiger partial charge in [0.1, 0.15) is 11.4 Å². The molecule has 1 amide bonds. The molecule has 0 aliphatic carbocycles. The van der Waals surface area contributed by atoms with Gasteiger partial charge in [-0.05, 0) is 43.9 Å². The molecule has 0 radical (unpaired) electrons. The fraction of sp³-hybridized carbons (Fsp3) is 0.421. The maximum absolute atomic E-state index is 12.6. The fourth-order valence-corrected chi connectivity index (χ4v) is 2.95. The Bertz CT molecular complexity index is 755. The minimum Gasteiger partial charge on any atom is -0.495 e. The van der Waals surface area contributed by atoms with Crippen molar-refractivity contribution < 1.29 is 9.53 Å². The number of benzene rings is 1. The third kappa shape index (κ3) is 4.07. The van der Waals surface area contributed by atoms with Crippen molar-refractivity contribution in [1.82, 2.24) is 9.97 Å². The van der Waals surface area contributed by atoms with Crippen molar-refractivity contribution in [3.8, 4) is 5.75 Å². The van der Waals surface area contributed by atoms with E-state index in [-0.39, 0.29) is 5.91 Å². The average molecular weight is 340 g/mol. The van der Waals surface area contributed by atoms with Gasteiger partial charge in [-0.2, -0.15) is 0 Å². The molecule has 1 aromatic heterocycles. The molecule has 1 aliphatic heterocycles. The van der Waals surface area contributed by atoms with Crippen LogP contribution >= 0.6 is 0 Å². The number of piperidine rings is 1. The standard InChI is InChI=1S/C19H24N4O2/c1-13-8-10-23(11-9-13)19-20-14(2)12-16(22-19)18(24)21-15-6-4-5-7-17(15)25-3/h4-7,12-13H,8-11H2,1-3H3,(H,21,24). The van der Waals surface area contributed by atoms with Crippen LogP contribution in [0.4, 0.5) is 11.6 Å². The number of nitrogens with one attached hydrogen (secondary N) is 1. The lowest BCUT2D eigenvalue weighted by Gasteiger charge is -2.30. The molecule has 0 saturated carbocycles. The van der Waals surface area contributed by atoms with Crippen molar-refractivity contribution in [3.05, 3.63) is 41.7 Å². The van der Waals surface area contributed by atoms with Crippen LogP contribution in [0.15, 0.2) is 30.3 Å². The minimum absolute atomic E-state index is 0.262. The molecule has 0 unspecified atom stereocenters. The Labute approximate surface area is 148 Å². The molecule has 1 N–H and O–H groups in total. The van der Waals surface area contributed by atoms with Crippen LogP contribution in [-0.2, 0) is 0 Å². The normalized spacial score (nSPS) is 15.1. The van der Waals surface area contributed by atoms with Crippen molar-refractivity contribution >= 4 is 17.5 Å². The second-order valence-corrected chi connectivity index (χ2v) is 6.52. The number of anilines is 2. The predicted octanol–water partition coefficient (Wildman–Crippen LogP) is 3.28. The Hall–Kier alpha value is -2.63. The predicted molar refractivity (Wildman–Crippen MR) is 98.3 cm³/mol. The topological polar surface area (TPSA) is 67.3 Å². The molecule has 3 rings (SSSR count). The Kier molecular flexibility index (Phi) is 5.16. The van der Waals surface area contributed by atoms with E-state index in [0.717, 1.165) is 37.5 Å². The molecular formula is C19H24N4O2. The van der Waals surface area contributed by atoms with Crippen LogP contribution in [-0.4, -0.2) is 36.1 Å². The highest BCUT2D eigenvalue weighted by Gasteiger charge is 2.20. The number of aromatic nitrogens is 2. The number of carbonyl (C=O) groups excluding carboxylic acids is 1. The molecular weight excluding hydrogens is 316 g/mol. The lowest BCUT2D eigenvalue weighted by Crippen LogP contribution is -2.34. The van der Waals surface area contributed by atoms with E-state index in [9.17, 15) is 4.79 Å². The van der Waals surface area contributed by atoms with Gasteiger partial charge in [-0.25, -0.2) is 9.97 Å². The van der Waals surface area contributed by atoms with E-state index in [4.69, 9.17) is 4.74 Å². The SMILES string of the molecule is COc1ccccc1NC(=O)c1cc(C)nc(N2CCC(C)CC2)n1. The van der Waals surface area contributed by atoms with Gasteiger partial charge in [0.25, 0.3) is 5.91 Å². The first-order chi connectivity index (χ1) is 12.1. The molecule has 0 bridgehead atoms. The number of ether oxygens (including phenoxy) is 1. The summed E-state index contributed by atoms with van der Waals surface area (Å²) in [5.74, 6) is 1.72. The van der Waals surface area contributed by atoms with Crippen LogP contribution in [0, 0.1) is 12.8 Å². The first-order valence-electron chi connectivity index (χ1n) is 8.62. The maximum atomic E-state index is 12.6. The lowest BCUT2D eigenvalue weighted by molar-refractivity contribution is 0.102. The van der Waals surface area contributed by atoms with Crippen LogP contribution in [0.3, 0.4) is 0 Å². The smallest absolute Gasteiger partial charge is 0.274 e. The number of rotatable bonds is 4. The largest absolute Gasteiger partial charge is 0.495 e. The molecule has 25 heavy (non-hydrogen) atoms. The molecule has 2 heterocycles. The summed E-state index contributed by atoms with van der Waals surface area (Å²) in [7, 11) is 1.58. The van der Waals surface area contributed by atoms with Crippen LogP contribution in [0.1, 0.15) is 35.9 Å². The summed E-state index contributed by atoms with van der Waals surface area (Å²) in [5.41, 5.74) is 1.78. The Morgan fingerprint density at radius 2 is 1.96 bits per heavy atom. The number of nitrogens with zero attached hydrogens (tertiary/aromatic N) is 3. The van der Waals surface area contributed by atoms with Gasteiger partial charge in [-0.15, -0.1) is 0 Å². The van der Waals surface area contributed by atoms with Gasteiger partial charge in [0.15, 0.2) is 0 Å². The Morgan fingerprint density at radius 3 is 2.68 bits per heavy atom. The van der Waals surface area contributed by atoms with Gasteiger partial charge in [0.05, 0.1) is 12.8 Å². The number of amides is 1. The van der Waals surface area contributed by atoms with E-state index in [2.05, 4.69) is 27.1 Å². The number of aryl methyl sites for hydroxylation is 1. The molecule has 0 atom stereocenters. The molecule has 1 aliphatic rings. The zero-order valence-electron chi connectivity index (χ0n) is 15.0. The number of hydrogen-bond acceptors (Lipinski definition) is 5. The van der Waals surface area contributed by atoms with E-state index in [1.165, 1.54) is 0 Å². The lowest BCUT2D eigenvalue weighted by atomic mass is 10.00. The van der Waals surface area contributed by atoms with Crippen LogP contribution in [0.5, 0.6) is 5.75 Å². The third-order valence-electron chi connectivity index (χ3n) is 4.50. The molecule has 1 saturated heterocycles.